The van der Waals surface area contributed by atoms with Crippen molar-refractivity contribution in [1.29, 1.82) is 0 Å². The highest BCUT2D eigenvalue weighted by Gasteiger charge is 2.34. The Labute approximate surface area is 141 Å². The molecule has 7 nitrogen and oxygen atoms in total. The van der Waals surface area contributed by atoms with Crippen LogP contribution in [-0.4, -0.2) is 40.4 Å². The summed E-state index contributed by atoms with van der Waals surface area (Å²) in [6, 6.07) is 4.31. The van der Waals surface area contributed by atoms with Crippen LogP contribution in [0.4, 0.5) is 0 Å². The monoisotopic (exact) mass is 348 g/mol. The summed E-state index contributed by atoms with van der Waals surface area (Å²) in [5.74, 6) is -0.961. The van der Waals surface area contributed by atoms with Gasteiger partial charge in [0, 0.05) is 11.9 Å². The van der Waals surface area contributed by atoms with Crippen molar-refractivity contribution in [2.24, 2.45) is 0 Å². The van der Waals surface area contributed by atoms with Gasteiger partial charge in [0.1, 0.15) is 16.7 Å². The van der Waals surface area contributed by atoms with E-state index < -0.39 is 12.0 Å². The Morgan fingerprint density at radius 1 is 1.42 bits per heavy atom. The topological polar surface area (TPSA) is 99.9 Å². The van der Waals surface area contributed by atoms with E-state index in [0.29, 0.717) is 24.3 Å². The van der Waals surface area contributed by atoms with Gasteiger partial charge in [-0.05, 0) is 31.0 Å². The zero-order chi connectivity index (χ0) is 17.1. The average molecular weight is 348 g/mol. The molecule has 1 saturated heterocycles. The molecule has 3 heterocycles. The number of nitrogens with zero attached hydrogens (tertiary/aromatic N) is 1. The molecule has 0 bridgehead atoms. The third-order valence-corrected chi connectivity index (χ3v) is 4.81. The van der Waals surface area contributed by atoms with Crippen LogP contribution < -0.4 is 5.32 Å². The molecule has 126 valence electrons. The van der Waals surface area contributed by atoms with Crippen LogP contribution in [0.3, 0.4) is 0 Å². The Morgan fingerprint density at radius 2 is 2.25 bits per heavy atom. The van der Waals surface area contributed by atoms with Crippen LogP contribution in [0.15, 0.2) is 34.3 Å². The maximum atomic E-state index is 12.6. The van der Waals surface area contributed by atoms with Crippen LogP contribution in [0, 0.1) is 0 Å². The number of amides is 2. The Bertz CT molecular complexity index is 752. The zero-order valence-corrected chi connectivity index (χ0v) is 13.5. The van der Waals surface area contributed by atoms with Crippen LogP contribution in [-0.2, 0) is 11.3 Å². The van der Waals surface area contributed by atoms with Crippen molar-refractivity contribution in [3.05, 3.63) is 46.0 Å². The van der Waals surface area contributed by atoms with Gasteiger partial charge in [0.05, 0.1) is 18.4 Å². The number of furan rings is 1. The smallest absolute Gasteiger partial charge is 0.345 e. The molecule has 2 amide bonds. The molecule has 1 aliphatic rings. The van der Waals surface area contributed by atoms with Crippen molar-refractivity contribution in [2.75, 3.05) is 6.54 Å². The highest BCUT2D eigenvalue weighted by atomic mass is 32.1. The number of aromatic carboxylic acids is 1. The van der Waals surface area contributed by atoms with Crippen LogP contribution in [0.5, 0.6) is 0 Å². The van der Waals surface area contributed by atoms with Crippen LogP contribution in [0.25, 0.3) is 0 Å². The maximum Gasteiger partial charge on any atom is 0.345 e. The van der Waals surface area contributed by atoms with E-state index in [4.69, 9.17) is 9.52 Å². The zero-order valence-electron chi connectivity index (χ0n) is 12.7. The van der Waals surface area contributed by atoms with Crippen LogP contribution >= 0.6 is 11.3 Å². The number of nitrogens with one attached hydrogen (secondary N) is 1. The van der Waals surface area contributed by atoms with Gasteiger partial charge >= 0.3 is 5.97 Å². The van der Waals surface area contributed by atoms with Crippen molar-refractivity contribution in [3.63, 3.8) is 0 Å². The van der Waals surface area contributed by atoms with Gasteiger partial charge in [0.2, 0.25) is 5.91 Å². The van der Waals surface area contributed by atoms with Gasteiger partial charge in [-0.2, -0.15) is 0 Å². The van der Waals surface area contributed by atoms with Gasteiger partial charge < -0.3 is 19.7 Å². The predicted molar refractivity (Wildman–Crippen MR) is 85.9 cm³/mol. The van der Waals surface area contributed by atoms with Crippen molar-refractivity contribution < 1.29 is 23.9 Å². The number of likely N-dealkylation sites (tertiary alicyclic amines) is 1. The normalized spacial score (nSPS) is 17.0. The molecule has 0 spiro atoms. The molecule has 1 atom stereocenters. The second-order valence-corrected chi connectivity index (χ2v) is 6.37. The summed E-state index contributed by atoms with van der Waals surface area (Å²) < 4.78 is 5.17. The molecule has 1 unspecified atom stereocenters. The lowest BCUT2D eigenvalue weighted by molar-refractivity contribution is -0.125. The highest BCUT2D eigenvalue weighted by molar-refractivity contribution is 7.12. The van der Waals surface area contributed by atoms with Crippen molar-refractivity contribution >= 4 is 29.1 Å². The van der Waals surface area contributed by atoms with Crippen LogP contribution in [0.1, 0.15) is 38.6 Å². The fourth-order valence-corrected chi connectivity index (χ4v) is 3.43. The molecule has 0 radical (unpaired) electrons. The molecule has 0 aromatic carbocycles. The Hall–Kier alpha value is -2.61. The molecular formula is C16H16N2O5S. The minimum atomic E-state index is -1.06. The Balaban J connectivity index is 1.66. The standard InChI is InChI=1S/C16H16N2O5S/c19-14(17-8-11-3-2-6-23-11)12-4-1-5-18(12)15(20)10-7-13(16(21)22)24-9-10/h2-3,6-7,9,12H,1,4-5,8H2,(H,17,19)(H,21,22). The highest BCUT2D eigenvalue weighted by Crippen LogP contribution is 2.23. The Morgan fingerprint density at radius 3 is 2.92 bits per heavy atom. The lowest BCUT2D eigenvalue weighted by Crippen LogP contribution is -2.45. The summed E-state index contributed by atoms with van der Waals surface area (Å²) in [5.41, 5.74) is 0.308. The number of carbonyl (C=O) groups excluding carboxylic acids is 2. The molecule has 24 heavy (non-hydrogen) atoms. The second kappa shape index (κ2) is 6.88. The largest absolute Gasteiger partial charge is 0.477 e. The quantitative estimate of drug-likeness (QED) is 0.860. The molecule has 0 aliphatic carbocycles. The summed E-state index contributed by atoms with van der Waals surface area (Å²) >= 11 is 1.00. The molecular weight excluding hydrogens is 332 g/mol. The first-order chi connectivity index (χ1) is 11.6. The first-order valence-electron chi connectivity index (χ1n) is 7.49. The molecule has 1 fully saturated rings. The number of carboxylic acids is 1. The first-order valence-corrected chi connectivity index (χ1v) is 8.37. The predicted octanol–water partition coefficient (Wildman–Crippen LogP) is 1.96. The minimum Gasteiger partial charge on any atom is -0.477 e. The number of thiophene rings is 1. The summed E-state index contributed by atoms with van der Waals surface area (Å²) in [5, 5.41) is 13.2. The van der Waals surface area contributed by atoms with Gasteiger partial charge in [-0.1, -0.05) is 0 Å². The molecule has 0 saturated carbocycles. The number of carboxylic acid groups (broad SMARTS) is 1. The van der Waals surface area contributed by atoms with Gasteiger partial charge in [-0.25, -0.2) is 4.79 Å². The third kappa shape index (κ3) is 3.33. The van der Waals surface area contributed by atoms with Gasteiger partial charge in [-0.15, -0.1) is 11.3 Å². The fraction of sp³-hybridized carbons (Fsp3) is 0.312. The van der Waals surface area contributed by atoms with E-state index in [9.17, 15) is 14.4 Å². The average Bonchev–Trinajstić information content (AvgIpc) is 3.33. The number of hydrogen-bond donors (Lipinski definition) is 2. The molecule has 1 aliphatic heterocycles. The minimum absolute atomic E-state index is 0.108. The molecule has 8 heteroatoms. The molecule has 2 aromatic heterocycles. The van der Waals surface area contributed by atoms with Crippen molar-refractivity contribution in [1.82, 2.24) is 10.2 Å². The van der Waals surface area contributed by atoms with E-state index in [2.05, 4.69) is 5.32 Å². The molecule has 2 aromatic rings. The van der Waals surface area contributed by atoms with Crippen LogP contribution in [0.2, 0.25) is 0 Å². The van der Waals surface area contributed by atoms with Crippen molar-refractivity contribution in [2.45, 2.75) is 25.4 Å². The van der Waals surface area contributed by atoms with Crippen molar-refractivity contribution in [3.8, 4) is 0 Å². The maximum absolute atomic E-state index is 12.6. The number of carbonyl (C=O) groups is 3. The van der Waals surface area contributed by atoms with E-state index in [1.54, 1.807) is 12.1 Å². The second-order valence-electron chi connectivity index (χ2n) is 5.46. The summed E-state index contributed by atoms with van der Waals surface area (Å²) in [6.45, 7) is 0.752. The van der Waals surface area contributed by atoms with E-state index in [0.717, 1.165) is 17.8 Å². The summed E-state index contributed by atoms with van der Waals surface area (Å²) in [7, 11) is 0. The third-order valence-electron chi connectivity index (χ3n) is 3.89. The summed E-state index contributed by atoms with van der Waals surface area (Å²) in [4.78, 5) is 37.5. The summed E-state index contributed by atoms with van der Waals surface area (Å²) in [6.07, 6.45) is 2.86. The molecule has 2 N–H and O–H groups in total. The lowest BCUT2D eigenvalue weighted by atomic mass is 10.2. The number of rotatable bonds is 5. The fourth-order valence-electron chi connectivity index (χ4n) is 2.71. The van der Waals surface area contributed by atoms with Gasteiger partial charge in [0.25, 0.3) is 5.91 Å². The van der Waals surface area contributed by atoms with E-state index in [-0.39, 0.29) is 23.2 Å². The number of hydrogen-bond acceptors (Lipinski definition) is 5. The van der Waals surface area contributed by atoms with E-state index in [1.807, 2.05) is 0 Å². The SMILES string of the molecule is O=C(O)c1cc(C(=O)N2CCCC2C(=O)NCc2ccco2)cs1. The first kappa shape index (κ1) is 16.3. The van der Waals surface area contributed by atoms with E-state index >= 15 is 0 Å². The van der Waals surface area contributed by atoms with Gasteiger partial charge in [-0.3, -0.25) is 9.59 Å². The molecule has 3 rings (SSSR count). The lowest BCUT2D eigenvalue weighted by Gasteiger charge is -2.23. The van der Waals surface area contributed by atoms with E-state index in [1.165, 1.54) is 22.6 Å². The van der Waals surface area contributed by atoms with Gasteiger partial charge in [0.15, 0.2) is 0 Å². The Kier molecular flexibility index (Phi) is 4.66.